The zero-order valence-electron chi connectivity index (χ0n) is 19.5. The van der Waals surface area contributed by atoms with Gasteiger partial charge in [-0.05, 0) is 40.5 Å². The number of primary amides is 1. The van der Waals surface area contributed by atoms with E-state index in [2.05, 4.69) is 53.2 Å². The normalized spacial score (nSPS) is 11.9. The molecule has 1 atom stereocenters. The second-order valence-electron chi connectivity index (χ2n) is 8.78. The molecule has 0 radical (unpaired) electrons. The van der Waals surface area contributed by atoms with Gasteiger partial charge in [0.2, 0.25) is 5.91 Å². The number of hydrogen-bond donors (Lipinski definition) is 1. The number of nitrogens with zero attached hydrogens (tertiary/aromatic N) is 1. The van der Waals surface area contributed by atoms with Crippen LogP contribution >= 0.6 is 0 Å². The maximum absolute atomic E-state index is 12.2. The molecule has 2 N–H and O–H groups in total. The third kappa shape index (κ3) is 5.28. The lowest BCUT2D eigenvalue weighted by molar-refractivity contribution is -0.118. The third-order valence-electron chi connectivity index (χ3n) is 6.30. The smallest absolute Gasteiger partial charge is 0.218 e. The summed E-state index contributed by atoms with van der Waals surface area (Å²) in [4.78, 5) is 12.2. The Kier molecular flexibility index (Phi) is 6.62. The van der Waals surface area contributed by atoms with E-state index in [4.69, 9.17) is 10.5 Å². The molecule has 0 aliphatic rings. The zero-order chi connectivity index (χ0) is 24.0. The highest BCUT2D eigenvalue weighted by Gasteiger charge is 2.22. The highest BCUT2D eigenvalue weighted by molar-refractivity contribution is 5.86. The topological polar surface area (TPSA) is 57.3 Å². The summed E-state index contributed by atoms with van der Waals surface area (Å²) in [6.45, 7) is 1.24. The van der Waals surface area contributed by atoms with E-state index in [1.807, 2.05) is 66.7 Å². The zero-order valence-corrected chi connectivity index (χ0v) is 19.5. The van der Waals surface area contributed by atoms with Crippen molar-refractivity contribution < 1.29 is 9.53 Å². The second-order valence-corrected chi connectivity index (χ2v) is 8.78. The van der Waals surface area contributed by atoms with Crippen LogP contribution in [0.2, 0.25) is 0 Å². The second kappa shape index (κ2) is 10.3. The van der Waals surface area contributed by atoms with Crippen molar-refractivity contribution in [3.05, 3.63) is 138 Å². The summed E-state index contributed by atoms with van der Waals surface area (Å²) < 4.78 is 8.33. The van der Waals surface area contributed by atoms with Crippen LogP contribution in [-0.4, -0.2) is 10.5 Å². The largest absolute Gasteiger partial charge is 0.489 e. The molecule has 0 saturated heterocycles. The van der Waals surface area contributed by atoms with Gasteiger partial charge in [-0.3, -0.25) is 4.79 Å². The van der Waals surface area contributed by atoms with Gasteiger partial charge in [-0.2, -0.15) is 0 Å². The molecule has 0 aliphatic heterocycles. The molecule has 35 heavy (non-hydrogen) atoms. The fraction of sp³-hybridized carbons (Fsp3) is 0.129. The molecule has 1 amide bonds. The molecule has 0 fully saturated rings. The third-order valence-corrected chi connectivity index (χ3v) is 6.30. The Balaban J connectivity index is 1.50. The van der Waals surface area contributed by atoms with Crippen molar-refractivity contribution in [1.29, 1.82) is 0 Å². The minimum Gasteiger partial charge on any atom is -0.489 e. The Hall–Kier alpha value is -4.31. The molecule has 1 heterocycles. The highest BCUT2D eigenvalue weighted by atomic mass is 16.5. The molecule has 5 aromatic rings. The summed E-state index contributed by atoms with van der Waals surface area (Å²) >= 11 is 0. The van der Waals surface area contributed by atoms with Crippen LogP contribution in [0.3, 0.4) is 0 Å². The van der Waals surface area contributed by atoms with E-state index in [1.165, 1.54) is 5.56 Å². The van der Waals surface area contributed by atoms with E-state index in [1.54, 1.807) is 0 Å². The SMILES string of the molecule is NC(=O)C[C@H](c1cccc(OCc2ccccc2)c1)c1cn(Cc2ccccc2)c2ccccc12. The number of hydrogen-bond acceptors (Lipinski definition) is 2. The van der Waals surface area contributed by atoms with Crippen molar-refractivity contribution in [1.82, 2.24) is 4.57 Å². The van der Waals surface area contributed by atoms with Crippen LogP contribution in [0.1, 0.15) is 34.6 Å². The molecule has 0 aliphatic carbocycles. The van der Waals surface area contributed by atoms with Crippen molar-refractivity contribution in [3.63, 3.8) is 0 Å². The maximum atomic E-state index is 12.2. The summed E-state index contributed by atoms with van der Waals surface area (Å²) in [5.74, 6) is 0.272. The van der Waals surface area contributed by atoms with Crippen LogP contribution in [0.4, 0.5) is 0 Å². The van der Waals surface area contributed by atoms with Crippen LogP contribution in [0.15, 0.2) is 115 Å². The van der Waals surface area contributed by atoms with Crippen LogP contribution in [-0.2, 0) is 17.9 Å². The summed E-state index contributed by atoms with van der Waals surface area (Å²) in [5.41, 5.74) is 11.3. The Morgan fingerprint density at radius 3 is 2.23 bits per heavy atom. The van der Waals surface area contributed by atoms with Crippen LogP contribution < -0.4 is 10.5 Å². The van der Waals surface area contributed by atoms with Gasteiger partial charge in [0.15, 0.2) is 0 Å². The number of amides is 1. The summed E-state index contributed by atoms with van der Waals surface area (Å²) in [6.07, 6.45) is 2.39. The number of nitrogens with two attached hydrogens (primary N) is 1. The van der Waals surface area contributed by atoms with Crippen LogP contribution in [0.25, 0.3) is 10.9 Å². The van der Waals surface area contributed by atoms with Crippen molar-refractivity contribution >= 4 is 16.8 Å². The lowest BCUT2D eigenvalue weighted by Crippen LogP contribution is -2.16. The van der Waals surface area contributed by atoms with E-state index in [-0.39, 0.29) is 18.2 Å². The quantitative estimate of drug-likeness (QED) is 0.282. The van der Waals surface area contributed by atoms with Gasteiger partial charge in [0.1, 0.15) is 12.4 Å². The van der Waals surface area contributed by atoms with Gasteiger partial charge in [-0.25, -0.2) is 0 Å². The molecule has 0 saturated carbocycles. The van der Waals surface area contributed by atoms with Gasteiger partial charge < -0.3 is 15.0 Å². The first-order chi connectivity index (χ1) is 17.2. The number of rotatable bonds is 9. The molecule has 5 rings (SSSR count). The predicted molar refractivity (Wildman–Crippen MR) is 140 cm³/mol. The molecule has 174 valence electrons. The monoisotopic (exact) mass is 460 g/mol. The van der Waals surface area contributed by atoms with Gasteiger partial charge in [0.05, 0.1) is 0 Å². The highest BCUT2D eigenvalue weighted by Crippen LogP contribution is 2.36. The average Bonchev–Trinajstić information content (AvgIpc) is 3.25. The Bertz CT molecular complexity index is 1420. The van der Waals surface area contributed by atoms with Crippen molar-refractivity contribution in [2.75, 3.05) is 0 Å². The summed E-state index contributed by atoms with van der Waals surface area (Å²) in [6, 6.07) is 36.8. The number of carbonyl (C=O) groups is 1. The molecular formula is C31H28N2O2. The first kappa shape index (κ1) is 22.5. The fourth-order valence-corrected chi connectivity index (χ4v) is 4.63. The van der Waals surface area contributed by atoms with Crippen molar-refractivity contribution in [2.45, 2.75) is 25.5 Å². The fourth-order valence-electron chi connectivity index (χ4n) is 4.63. The standard InChI is InChI=1S/C31H28N2O2/c32-31(34)19-28(25-14-9-15-26(18-25)35-22-24-12-5-2-6-13-24)29-21-33(20-23-10-3-1-4-11-23)30-17-8-7-16-27(29)30/h1-18,21,28H,19-20,22H2,(H2,32,34)/t28-/m1/s1. The molecule has 1 aromatic heterocycles. The number of carbonyl (C=O) groups excluding carboxylic acids is 1. The van der Waals surface area contributed by atoms with Crippen molar-refractivity contribution in [3.8, 4) is 5.75 Å². The average molecular weight is 461 g/mol. The van der Waals surface area contributed by atoms with E-state index in [0.29, 0.717) is 6.61 Å². The number of fused-ring (bicyclic) bond motifs is 1. The molecule has 4 nitrogen and oxygen atoms in total. The van der Waals surface area contributed by atoms with Crippen LogP contribution in [0.5, 0.6) is 5.75 Å². The number of ether oxygens (including phenoxy) is 1. The molecular weight excluding hydrogens is 432 g/mol. The minimum atomic E-state index is -0.328. The lowest BCUT2D eigenvalue weighted by Gasteiger charge is -2.17. The Morgan fingerprint density at radius 2 is 1.49 bits per heavy atom. The van der Waals surface area contributed by atoms with E-state index >= 15 is 0 Å². The van der Waals surface area contributed by atoms with Gasteiger partial charge >= 0.3 is 0 Å². The number of benzene rings is 4. The summed E-state index contributed by atoms with van der Waals surface area (Å²) in [5, 5.41) is 1.13. The van der Waals surface area contributed by atoms with Crippen LogP contribution in [0, 0.1) is 0 Å². The molecule has 4 aromatic carbocycles. The summed E-state index contributed by atoms with van der Waals surface area (Å²) in [7, 11) is 0. The first-order valence-electron chi connectivity index (χ1n) is 11.8. The number of para-hydroxylation sites is 1. The Morgan fingerprint density at radius 1 is 0.800 bits per heavy atom. The lowest BCUT2D eigenvalue weighted by atomic mass is 9.88. The molecule has 4 heteroatoms. The van der Waals surface area contributed by atoms with Gasteiger partial charge in [-0.15, -0.1) is 0 Å². The predicted octanol–water partition coefficient (Wildman–Crippen LogP) is 6.28. The molecule has 0 bridgehead atoms. The van der Waals surface area contributed by atoms with Crippen molar-refractivity contribution in [2.24, 2.45) is 5.73 Å². The first-order valence-corrected chi connectivity index (χ1v) is 11.8. The van der Waals surface area contributed by atoms with E-state index in [9.17, 15) is 4.79 Å². The minimum absolute atomic E-state index is 0.172. The van der Waals surface area contributed by atoms with E-state index in [0.717, 1.165) is 39.9 Å². The Labute approximate surface area is 205 Å². The number of aromatic nitrogens is 1. The van der Waals surface area contributed by atoms with Gasteiger partial charge in [0.25, 0.3) is 0 Å². The van der Waals surface area contributed by atoms with Gasteiger partial charge in [0, 0.05) is 36.0 Å². The molecule has 0 unspecified atom stereocenters. The maximum Gasteiger partial charge on any atom is 0.218 e. The molecule has 0 spiro atoms. The van der Waals surface area contributed by atoms with E-state index < -0.39 is 0 Å². The van der Waals surface area contributed by atoms with Gasteiger partial charge in [-0.1, -0.05) is 91.0 Å².